The molecule has 12 rings (SSSR count). The van der Waals surface area contributed by atoms with Crippen molar-refractivity contribution in [3.8, 4) is 67.0 Å². The highest BCUT2D eigenvalue weighted by atomic mass is 16.3. The van der Waals surface area contributed by atoms with Gasteiger partial charge in [0.1, 0.15) is 11.3 Å². The molecular formula is C64H43NO. The van der Waals surface area contributed by atoms with Crippen LogP contribution in [0.4, 0.5) is 17.1 Å². The van der Waals surface area contributed by atoms with Crippen molar-refractivity contribution in [1.82, 2.24) is 0 Å². The van der Waals surface area contributed by atoms with E-state index in [-0.39, 0.29) is 0 Å². The fourth-order valence-electron chi connectivity index (χ4n) is 9.38. The summed E-state index contributed by atoms with van der Waals surface area (Å²) in [5.41, 5.74) is 17.1. The average Bonchev–Trinajstić information content (AvgIpc) is 3.84. The number of nitrogens with zero attached hydrogens (tertiary/aromatic N) is 1. The fourth-order valence-corrected chi connectivity index (χ4v) is 9.38. The molecule has 0 spiro atoms. The van der Waals surface area contributed by atoms with Crippen molar-refractivity contribution < 1.29 is 4.42 Å². The number of fused-ring (bicyclic) bond motifs is 3. The molecule has 1 aromatic heterocycles. The molecule has 0 fully saturated rings. The van der Waals surface area contributed by atoms with Crippen molar-refractivity contribution in [3.63, 3.8) is 0 Å². The molecule has 11 aromatic carbocycles. The standard InChI is InChI=1S/C64H43NO/c1-2-11-53-41-55(28-25-44(53)9-1)50-33-39-60(40-34-50)65(59-37-31-48(32-38-59)46-23-26-52(27-24-46)62-17-8-13-51-10-3-5-16-61(51)62)58-35-29-47(30-36-58)45-19-21-49(22-20-45)54-14-7-15-56(42-54)64-43-57-12-4-6-18-63(57)66-64/h1-43H. The summed E-state index contributed by atoms with van der Waals surface area (Å²) in [6.45, 7) is 0. The molecule has 0 saturated heterocycles. The van der Waals surface area contributed by atoms with Crippen LogP contribution in [-0.4, -0.2) is 0 Å². The number of benzene rings is 11. The van der Waals surface area contributed by atoms with Gasteiger partial charge in [0.15, 0.2) is 0 Å². The largest absolute Gasteiger partial charge is 0.456 e. The summed E-state index contributed by atoms with van der Waals surface area (Å²) in [6.07, 6.45) is 0. The quantitative estimate of drug-likeness (QED) is 0.144. The predicted molar refractivity (Wildman–Crippen MR) is 279 cm³/mol. The Hall–Kier alpha value is -8.72. The van der Waals surface area contributed by atoms with Gasteiger partial charge in [0.2, 0.25) is 0 Å². The Kier molecular flexibility index (Phi) is 9.89. The molecule has 1 heterocycles. The minimum atomic E-state index is 0.878. The first kappa shape index (κ1) is 38.9. The lowest BCUT2D eigenvalue weighted by Crippen LogP contribution is -2.09. The van der Waals surface area contributed by atoms with Crippen LogP contribution in [-0.2, 0) is 0 Å². The Morgan fingerprint density at radius 2 is 0.667 bits per heavy atom. The van der Waals surface area contributed by atoms with Gasteiger partial charge < -0.3 is 9.32 Å². The van der Waals surface area contributed by atoms with Crippen molar-refractivity contribution >= 4 is 49.6 Å². The van der Waals surface area contributed by atoms with Crippen LogP contribution in [0, 0.1) is 0 Å². The van der Waals surface area contributed by atoms with Crippen LogP contribution < -0.4 is 4.90 Å². The van der Waals surface area contributed by atoms with E-state index in [4.69, 9.17) is 4.42 Å². The highest BCUT2D eigenvalue weighted by molar-refractivity contribution is 5.97. The van der Waals surface area contributed by atoms with E-state index in [9.17, 15) is 0 Å². The van der Waals surface area contributed by atoms with Crippen LogP contribution >= 0.6 is 0 Å². The molecule has 310 valence electrons. The molecule has 0 saturated carbocycles. The van der Waals surface area contributed by atoms with E-state index in [2.05, 4.69) is 248 Å². The van der Waals surface area contributed by atoms with Gasteiger partial charge in [-0.2, -0.15) is 0 Å². The summed E-state index contributed by atoms with van der Waals surface area (Å²) in [5, 5.41) is 6.12. The van der Waals surface area contributed by atoms with Gasteiger partial charge in [0.05, 0.1) is 0 Å². The maximum atomic E-state index is 6.19. The monoisotopic (exact) mass is 841 g/mol. The lowest BCUT2D eigenvalue weighted by Gasteiger charge is -2.26. The van der Waals surface area contributed by atoms with E-state index in [0.29, 0.717) is 0 Å². The smallest absolute Gasteiger partial charge is 0.135 e. The third kappa shape index (κ3) is 7.51. The second-order valence-corrected chi connectivity index (χ2v) is 16.9. The van der Waals surface area contributed by atoms with Gasteiger partial charge in [-0.25, -0.2) is 0 Å². The fraction of sp³-hybridized carbons (Fsp3) is 0. The average molecular weight is 842 g/mol. The first-order valence-corrected chi connectivity index (χ1v) is 22.5. The number of furan rings is 1. The van der Waals surface area contributed by atoms with Crippen molar-refractivity contribution in [3.05, 3.63) is 261 Å². The van der Waals surface area contributed by atoms with Crippen LogP contribution in [0.15, 0.2) is 265 Å². The minimum absolute atomic E-state index is 0.878. The van der Waals surface area contributed by atoms with E-state index in [0.717, 1.165) is 56.0 Å². The first-order valence-electron chi connectivity index (χ1n) is 22.5. The van der Waals surface area contributed by atoms with E-state index in [1.165, 1.54) is 60.5 Å². The molecule has 2 heteroatoms. The lowest BCUT2D eigenvalue weighted by molar-refractivity contribution is 0.631. The molecule has 0 aliphatic rings. The van der Waals surface area contributed by atoms with Crippen LogP contribution in [0.1, 0.15) is 0 Å². The number of rotatable bonds is 9. The summed E-state index contributed by atoms with van der Waals surface area (Å²) in [6, 6.07) is 93.9. The molecule has 0 aliphatic carbocycles. The van der Waals surface area contributed by atoms with Gasteiger partial charge in [-0.1, -0.05) is 200 Å². The molecule has 0 atom stereocenters. The Morgan fingerprint density at radius 1 is 0.242 bits per heavy atom. The summed E-state index contributed by atoms with van der Waals surface area (Å²) in [7, 11) is 0. The van der Waals surface area contributed by atoms with E-state index in [1.54, 1.807) is 0 Å². The Bertz CT molecular complexity index is 3620. The van der Waals surface area contributed by atoms with Gasteiger partial charge in [0.25, 0.3) is 0 Å². The van der Waals surface area contributed by atoms with Crippen LogP contribution in [0.3, 0.4) is 0 Å². The second-order valence-electron chi connectivity index (χ2n) is 16.9. The third-order valence-electron chi connectivity index (χ3n) is 12.9. The van der Waals surface area contributed by atoms with Crippen molar-refractivity contribution in [2.24, 2.45) is 0 Å². The summed E-state index contributed by atoms with van der Waals surface area (Å²) >= 11 is 0. The van der Waals surface area contributed by atoms with Crippen LogP contribution in [0.5, 0.6) is 0 Å². The zero-order valence-electron chi connectivity index (χ0n) is 36.2. The highest BCUT2D eigenvalue weighted by Crippen LogP contribution is 2.39. The lowest BCUT2D eigenvalue weighted by atomic mass is 9.96. The van der Waals surface area contributed by atoms with E-state index < -0.39 is 0 Å². The van der Waals surface area contributed by atoms with E-state index >= 15 is 0 Å². The Morgan fingerprint density at radius 3 is 1.27 bits per heavy atom. The third-order valence-corrected chi connectivity index (χ3v) is 12.9. The van der Waals surface area contributed by atoms with Crippen LogP contribution in [0.25, 0.3) is 99.5 Å². The number of hydrogen-bond acceptors (Lipinski definition) is 2. The topological polar surface area (TPSA) is 16.4 Å². The van der Waals surface area contributed by atoms with Gasteiger partial charge in [-0.05, 0) is 138 Å². The minimum Gasteiger partial charge on any atom is -0.456 e. The normalized spacial score (nSPS) is 11.3. The molecule has 0 amide bonds. The summed E-state index contributed by atoms with van der Waals surface area (Å²) in [5.74, 6) is 0.878. The number of anilines is 3. The van der Waals surface area contributed by atoms with E-state index in [1.807, 2.05) is 18.2 Å². The number of hydrogen-bond donors (Lipinski definition) is 0. The molecule has 66 heavy (non-hydrogen) atoms. The molecule has 0 bridgehead atoms. The molecular weight excluding hydrogens is 799 g/mol. The van der Waals surface area contributed by atoms with Crippen molar-refractivity contribution in [2.45, 2.75) is 0 Å². The maximum absolute atomic E-state index is 6.19. The summed E-state index contributed by atoms with van der Waals surface area (Å²) in [4.78, 5) is 2.35. The van der Waals surface area contributed by atoms with Gasteiger partial charge in [-0.15, -0.1) is 0 Å². The molecule has 2 nitrogen and oxygen atoms in total. The first-order chi connectivity index (χ1) is 32.7. The molecule has 0 N–H and O–H groups in total. The van der Waals surface area contributed by atoms with Gasteiger partial charge in [-0.3, -0.25) is 0 Å². The zero-order valence-corrected chi connectivity index (χ0v) is 36.2. The summed E-state index contributed by atoms with van der Waals surface area (Å²) < 4.78 is 6.19. The van der Waals surface area contributed by atoms with Crippen molar-refractivity contribution in [2.75, 3.05) is 4.90 Å². The van der Waals surface area contributed by atoms with Gasteiger partial charge in [0, 0.05) is 28.0 Å². The van der Waals surface area contributed by atoms with Gasteiger partial charge >= 0.3 is 0 Å². The SMILES string of the molecule is c1cc(-c2ccc(-c3ccc(N(c4ccc(-c5ccc(-c6cccc7ccccc67)cc5)cc4)c4ccc(-c5ccc6ccccc6c5)cc4)cc3)cc2)cc(-c2cc3ccccc3o2)c1. The molecule has 0 aliphatic heterocycles. The highest BCUT2D eigenvalue weighted by Gasteiger charge is 2.15. The van der Waals surface area contributed by atoms with Crippen LogP contribution in [0.2, 0.25) is 0 Å². The predicted octanol–water partition coefficient (Wildman–Crippen LogP) is 18.2. The number of para-hydroxylation sites is 1. The zero-order chi connectivity index (χ0) is 43.8. The molecule has 0 unspecified atom stereocenters. The molecule has 0 radical (unpaired) electrons. The molecule has 12 aromatic rings. The maximum Gasteiger partial charge on any atom is 0.135 e. The Balaban J connectivity index is 0.838. The van der Waals surface area contributed by atoms with Crippen molar-refractivity contribution in [1.29, 1.82) is 0 Å². The second kappa shape index (κ2) is 16.8. The Labute approximate surface area is 384 Å².